The van der Waals surface area contributed by atoms with E-state index in [9.17, 15) is 4.79 Å². The van der Waals surface area contributed by atoms with Crippen LogP contribution in [0.25, 0.3) is 0 Å². The molecule has 0 fully saturated rings. The van der Waals surface area contributed by atoms with Crippen LogP contribution in [0.5, 0.6) is 0 Å². The van der Waals surface area contributed by atoms with Crippen LogP contribution in [-0.4, -0.2) is 25.5 Å². The van der Waals surface area contributed by atoms with Crippen molar-refractivity contribution in [2.24, 2.45) is 0 Å². The molecule has 1 atom stereocenters. The van der Waals surface area contributed by atoms with E-state index in [1.165, 1.54) is 0 Å². The van der Waals surface area contributed by atoms with Crippen molar-refractivity contribution in [2.45, 2.75) is 26.4 Å². The Morgan fingerprint density at radius 1 is 1.27 bits per heavy atom. The van der Waals surface area contributed by atoms with E-state index in [1.54, 1.807) is 47.0 Å². The summed E-state index contributed by atoms with van der Waals surface area (Å²) in [6, 6.07) is 4.98. The SMILES string of the molecule is Cc1c(Br)cnn1C(C)C(=O)Nc1cnn(Cc2ccc(Cl)c(Cl)c2)c1. The lowest BCUT2D eigenvalue weighted by atomic mass is 10.2. The summed E-state index contributed by atoms with van der Waals surface area (Å²) in [7, 11) is 0. The molecule has 0 saturated heterocycles. The highest BCUT2D eigenvalue weighted by Gasteiger charge is 2.19. The number of anilines is 1. The van der Waals surface area contributed by atoms with Gasteiger partial charge in [0.1, 0.15) is 6.04 Å². The monoisotopic (exact) mass is 455 g/mol. The molecule has 3 rings (SSSR count). The van der Waals surface area contributed by atoms with Crippen molar-refractivity contribution < 1.29 is 4.79 Å². The summed E-state index contributed by atoms with van der Waals surface area (Å²) in [4.78, 5) is 12.5. The molecule has 1 unspecified atom stereocenters. The molecule has 0 spiro atoms. The molecule has 0 saturated carbocycles. The summed E-state index contributed by atoms with van der Waals surface area (Å²) < 4.78 is 4.25. The lowest BCUT2D eigenvalue weighted by Gasteiger charge is -2.13. The summed E-state index contributed by atoms with van der Waals surface area (Å²) in [6.45, 7) is 4.21. The van der Waals surface area contributed by atoms with Crippen LogP contribution >= 0.6 is 39.1 Å². The second kappa shape index (κ2) is 7.82. The molecule has 0 radical (unpaired) electrons. The minimum absolute atomic E-state index is 0.169. The number of carbonyl (C=O) groups is 1. The number of amides is 1. The van der Waals surface area contributed by atoms with Crippen molar-refractivity contribution in [2.75, 3.05) is 5.32 Å². The van der Waals surface area contributed by atoms with Crippen molar-refractivity contribution in [3.8, 4) is 0 Å². The van der Waals surface area contributed by atoms with Gasteiger partial charge in [-0.2, -0.15) is 10.2 Å². The molecule has 6 nitrogen and oxygen atoms in total. The maximum atomic E-state index is 12.5. The minimum atomic E-state index is -0.445. The first-order chi connectivity index (χ1) is 12.3. The Labute approximate surface area is 169 Å². The van der Waals surface area contributed by atoms with Gasteiger partial charge < -0.3 is 5.32 Å². The molecule has 136 valence electrons. The number of aromatic nitrogens is 4. The molecule has 0 aliphatic carbocycles. The number of nitrogens with zero attached hydrogens (tertiary/aromatic N) is 4. The van der Waals surface area contributed by atoms with E-state index in [4.69, 9.17) is 23.2 Å². The topological polar surface area (TPSA) is 64.7 Å². The Morgan fingerprint density at radius 3 is 2.69 bits per heavy atom. The normalized spacial score (nSPS) is 12.2. The van der Waals surface area contributed by atoms with Gasteiger partial charge >= 0.3 is 0 Å². The summed E-state index contributed by atoms with van der Waals surface area (Å²) in [5.41, 5.74) is 2.47. The van der Waals surface area contributed by atoms with Crippen LogP contribution in [0.2, 0.25) is 10.0 Å². The molecule has 26 heavy (non-hydrogen) atoms. The molecule has 0 aliphatic rings. The van der Waals surface area contributed by atoms with Crippen LogP contribution in [0.15, 0.2) is 41.3 Å². The zero-order chi connectivity index (χ0) is 18.8. The van der Waals surface area contributed by atoms with Crippen LogP contribution in [0, 0.1) is 6.92 Å². The second-order valence-electron chi connectivity index (χ2n) is 5.86. The summed E-state index contributed by atoms with van der Waals surface area (Å²) in [6.07, 6.45) is 5.04. The third-order valence-corrected chi connectivity index (χ3v) is 5.48. The molecule has 2 aromatic heterocycles. The van der Waals surface area contributed by atoms with Gasteiger partial charge in [0.2, 0.25) is 5.91 Å². The molecule has 1 amide bonds. The van der Waals surface area contributed by atoms with Gasteiger partial charge in [-0.1, -0.05) is 29.3 Å². The van der Waals surface area contributed by atoms with Crippen molar-refractivity contribution >= 4 is 50.7 Å². The van der Waals surface area contributed by atoms with Crippen LogP contribution < -0.4 is 5.32 Å². The van der Waals surface area contributed by atoms with E-state index in [0.29, 0.717) is 22.3 Å². The van der Waals surface area contributed by atoms with Gasteiger partial charge in [0.05, 0.1) is 44.8 Å². The second-order valence-corrected chi connectivity index (χ2v) is 7.53. The molecule has 9 heteroatoms. The Bertz CT molecular complexity index is 953. The largest absolute Gasteiger partial charge is 0.322 e. The fourth-order valence-corrected chi connectivity index (χ4v) is 3.08. The molecular formula is C17H16BrCl2N5O. The van der Waals surface area contributed by atoms with Gasteiger partial charge in [0.15, 0.2) is 0 Å². The number of benzene rings is 1. The molecule has 1 N–H and O–H groups in total. The summed E-state index contributed by atoms with van der Waals surface area (Å²) >= 11 is 15.4. The third kappa shape index (κ3) is 4.11. The van der Waals surface area contributed by atoms with E-state index < -0.39 is 6.04 Å². The van der Waals surface area contributed by atoms with Crippen LogP contribution in [0.3, 0.4) is 0 Å². The predicted octanol–water partition coefficient (Wildman–Crippen LogP) is 4.71. The number of hydrogen-bond donors (Lipinski definition) is 1. The van der Waals surface area contributed by atoms with Crippen LogP contribution in [-0.2, 0) is 11.3 Å². The molecule has 0 aliphatic heterocycles. The van der Waals surface area contributed by atoms with Crippen molar-refractivity contribution in [3.63, 3.8) is 0 Å². The Kier molecular flexibility index (Phi) is 5.70. The standard InChI is InChI=1S/C17H16BrCl2N5O/c1-10-14(18)7-22-25(10)11(2)17(26)23-13-6-21-24(9-13)8-12-3-4-15(19)16(20)5-12/h3-7,9,11H,8H2,1-2H3,(H,23,26). The maximum absolute atomic E-state index is 12.5. The van der Waals surface area contributed by atoms with E-state index in [-0.39, 0.29) is 5.91 Å². The van der Waals surface area contributed by atoms with Crippen molar-refractivity contribution in [3.05, 3.63) is 62.6 Å². The van der Waals surface area contributed by atoms with Crippen molar-refractivity contribution in [1.29, 1.82) is 0 Å². The van der Waals surface area contributed by atoms with E-state index >= 15 is 0 Å². The first kappa shape index (κ1) is 18.9. The zero-order valence-corrected chi connectivity index (χ0v) is 17.2. The lowest BCUT2D eigenvalue weighted by Crippen LogP contribution is -2.25. The number of nitrogens with one attached hydrogen (secondary N) is 1. The fourth-order valence-electron chi connectivity index (χ4n) is 2.49. The highest BCUT2D eigenvalue weighted by atomic mass is 79.9. The Morgan fingerprint density at radius 2 is 2.04 bits per heavy atom. The van der Waals surface area contributed by atoms with E-state index in [1.807, 2.05) is 13.0 Å². The van der Waals surface area contributed by atoms with E-state index in [0.717, 1.165) is 15.7 Å². The van der Waals surface area contributed by atoms with Gasteiger partial charge in [-0.05, 0) is 47.5 Å². The predicted molar refractivity (Wildman–Crippen MR) is 106 cm³/mol. The summed E-state index contributed by atoms with van der Waals surface area (Å²) in [5, 5.41) is 12.4. The van der Waals surface area contributed by atoms with Gasteiger partial charge in [0, 0.05) is 6.20 Å². The lowest BCUT2D eigenvalue weighted by molar-refractivity contribution is -0.119. The Balaban J connectivity index is 1.67. The van der Waals surface area contributed by atoms with E-state index in [2.05, 4.69) is 31.4 Å². The highest BCUT2D eigenvalue weighted by Crippen LogP contribution is 2.23. The van der Waals surface area contributed by atoms with Crippen molar-refractivity contribution in [1.82, 2.24) is 19.6 Å². The van der Waals surface area contributed by atoms with Gasteiger partial charge in [-0.25, -0.2) is 0 Å². The molecule has 3 aromatic rings. The van der Waals surface area contributed by atoms with Crippen LogP contribution in [0.1, 0.15) is 24.2 Å². The Hall–Kier alpha value is -1.83. The van der Waals surface area contributed by atoms with Crippen LogP contribution in [0.4, 0.5) is 5.69 Å². The molecule has 0 bridgehead atoms. The maximum Gasteiger partial charge on any atom is 0.249 e. The van der Waals surface area contributed by atoms with Gasteiger partial charge in [-0.3, -0.25) is 14.2 Å². The number of rotatable bonds is 5. The summed E-state index contributed by atoms with van der Waals surface area (Å²) in [5.74, 6) is -0.169. The van der Waals surface area contributed by atoms with Gasteiger partial charge in [-0.15, -0.1) is 0 Å². The van der Waals surface area contributed by atoms with Gasteiger partial charge in [0.25, 0.3) is 0 Å². The zero-order valence-electron chi connectivity index (χ0n) is 14.1. The number of hydrogen-bond acceptors (Lipinski definition) is 3. The first-order valence-electron chi connectivity index (χ1n) is 7.82. The first-order valence-corrected chi connectivity index (χ1v) is 9.37. The molecule has 2 heterocycles. The number of halogens is 3. The molecule has 1 aromatic carbocycles. The third-order valence-electron chi connectivity index (χ3n) is 3.96. The smallest absolute Gasteiger partial charge is 0.249 e. The average Bonchev–Trinajstić information content (AvgIpc) is 3.17. The minimum Gasteiger partial charge on any atom is -0.322 e. The number of carbonyl (C=O) groups excluding carboxylic acids is 1. The average molecular weight is 457 g/mol. The fraction of sp³-hybridized carbons (Fsp3) is 0.235. The molecular weight excluding hydrogens is 441 g/mol. The highest BCUT2D eigenvalue weighted by molar-refractivity contribution is 9.10. The quantitative estimate of drug-likeness (QED) is 0.604.